The molecule has 29 heavy (non-hydrogen) atoms. The molecule has 0 radical (unpaired) electrons. The Morgan fingerprint density at radius 1 is 1.28 bits per heavy atom. The first-order valence-electron chi connectivity index (χ1n) is 9.54. The van der Waals surface area contributed by atoms with Crippen molar-refractivity contribution in [1.29, 1.82) is 0 Å². The minimum atomic E-state index is -0.484. The van der Waals surface area contributed by atoms with Crippen molar-refractivity contribution in [2.75, 3.05) is 11.9 Å². The van der Waals surface area contributed by atoms with Crippen molar-refractivity contribution < 1.29 is 19.2 Å². The second kappa shape index (κ2) is 9.47. The summed E-state index contributed by atoms with van der Waals surface area (Å²) in [5.74, 6) is -0.816. The minimum absolute atomic E-state index is 0.0425. The summed E-state index contributed by atoms with van der Waals surface area (Å²) < 4.78 is 5.21. The van der Waals surface area contributed by atoms with E-state index in [1.165, 1.54) is 35.6 Å². The molecule has 0 bridgehead atoms. The molecule has 8 heteroatoms. The standard InChI is InChI=1S/C21H22N2O5S/c1-2-28-21(25)19-16-9-4-3-5-10-17(16)29-20(19)22-18(24)12-11-14-7-6-8-15(13-14)23(26)27/h6-8,11-13H,2-5,9-10H2,1H3,(H,22,24). The molecule has 1 aromatic heterocycles. The maximum atomic E-state index is 12.5. The molecule has 1 amide bonds. The van der Waals surface area contributed by atoms with Gasteiger partial charge < -0.3 is 10.1 Å². The number of nitro groups is 1. The Balaban J connectivity index is 1.81. The molecule has 0 unspecified atom stereocenters. The third-order valence-electron chi connectivity index (χ3n) is 4.65. The van der Waals surface area contributed by atoms with Crippen LogP contribution in [0.15, 0.2) is 30.3 Å². The zero-order chi connectivity index (χ0) is 20.8. The lowest BCUT2D eigenvalue weighted by Gasteiger charge is -2.07. The van der Waals surface area contributed by atoms with Crippen molar-refractivity contribution in [3.8, 4) is 0 Å². The number of fused-ring (bicyclic) bond motifs is 1. The molecule has 0 fully saturated rings. The molecule has 1 aliphatic rings. The Hall–Kier alpha value is -3.00. The van der Waals surface area contributed by atoms with E-state index in [-0.39, 0.29) is 12.3 Å². The lowest BCUT2D eigenvalue weighted by atomic mass is 10.1. The molecule has 1 heterocycles. The number of nitrogens with one attached hydrogen (secondary N) is 1. The topological polar surface area (TPSA) is 98.5 Å². The van der Waals surface area contributed by atoms with E-state index in [1.54, 1.807) is 19.1 Å². The first-order chi connectivity index (χ1) is 14.0. The van der Waals surface area contributed by atoms with Gasteiger partial charge in [-0.3, -0.25) is 14.9 Å². The van der Waals surface area contributed by atoms with Gasteiger partial charge in [0.25, 0.3) is 5.69 Å². The normalized spacial score (nSPS) is 13.6. The summed E-state index contributed by atoms with van der Waals surface area (Å²) in [7, 11) is 0. The molecule has 1 N–H and O–H groups in total. The number of rotatable bonds is 6. The molecule has 152 valence electrons. The molecule has 0 saturated heterocycles. The number of anilines is 1. The summed E-state index contributed by atoms with van der Waals surface area (Å²) in [5.41, 5.74) is 1.95. The van der Waals surface area contributed by atoms with Gasteiger partial charge in [-0.15, -0.1) is 11.3 Å². The molecule has 0 atom stereocenters. The third-order valence-corrected chi connectivity index (χ3v) is 5.85. The van der Waals surface area contributed by atoms with Crippen LogP contribution in [0.1, 0.15) is 52.5 Å². The van der Waals surface area contributed by atoms with Crippen LogP contribution in [0.2, 0.25) is 0 Å². The van der Waals surface area contributed by atoms with Gasteiger partial charge in [-0.2, -0.15) is 0 Å². The van der Waals surface area contributed by atoms with Gasteiger partial charge >= 0.3 is 5.97 Å². The number of ether oxygens (including phenoxy) is 1. The monoisotopic (exact) mass is 414 g/mol. The molecule has 0 aliphatic heterocycles. The van der Waals surface area contributed by atoms with E-state index in [4.69, 9.17) is 4.74 Å². The zero-order valence-corrected chi connectivity index (χ0v) is 16.9. The summed E-state index contributed by atoms with van der Waals surface area (Å²) >= 11 is 1.43. The number of nitrogens with zero attached hydrogens (tertiary/aromatic N) is 1. The number of nitro benzene ring substituents is 1. The third kappa shape index (κ3) is 5.08. The van der Waals surface area contributed by atoms with Crippen molar-refractivity contribution >= 4 is 40.0 Å². The highest BCUT2D eigenvalue weighted by Crippen LogP contribution is 2.38. The van der Waals surface area contributed by atoms with Gasteiger partial charge in [0, 0.05) is 23.1 Å². The fraction of sp³-hybridized carbons (Fsp3) is 0.333. The van der Waals surface area contributed by atoms with Gasteiger partial charge in [0.05, 0.1) is 17.1 Å². The second-order valence-electron chi connectivity index (χ2n) is 6.66. The van der Waals surface area contributed by atoms with Gasteiger partial charge in [0.15, 0.2) is 0 Å². The molecule has 2 aromatic rings. The Labute approximate surface area is 172 Å². The first kappa shape index (κ1) is 20.7. The SMILES string of the molecule is CCOC(=O)c1c(NC(=O)C=Cc2cccc([N+](=O)[O-])c2)sc2c1CCCCC2. The molecule has 7 nitrogen and oxygen atoms in total. The summed E-state index contributed by atoms with van der Waals surface area (Å²) in [6, 6.07) is 6.02. The zero-order valence-electron chi connectivity index (χ0n) is 16.1. The highest BCUT2D eigenvalue weighted by atomic mass is 32.1. The van der Waals surface area contributed by atoms with E-state index in [0.717, 1.165) is 42.5 Å². The summed E-state index contributed by atoms with van der Waals surface area (Å²) in [6.07, 6.45) is 7.71. The number of carbonyl (C=O) groups excluding carboxylic acids is 2. The number of non-ortho nitro benzene ring substituents is 1. The predicted octanol–water partition coefficient (Wildman–Crippen LogP) is 4.75. The minimum Gasteiger partial charge on any atom is -0.462 e. The Bertz CT molecular complexity index is 964. The van der Waals surface area contributed by atoms with E-state index in [2.05, 4.69) is 5.32 Å². The predicted molar refractivity (Wildman–Crippen MR) is 112 cm³/mol. The van der Waals surface area contributed by atoms with Gasteiger partial charge in [-0.05, 0) is 49.8 Å². The smallest absolute Gasteiger partial charge is 0.341 e. The Morgan fingerprint density at radius 2 is 2.07 bits per heavy atom. The van der Waals surface area contributed by atoms with Gasteiger partial charge in [0.1, 0.15) is 5.00 Å². The number of hydrogen-bond acceptors (Lipinski definition) is 6. The van der Waals surface area contributed by atoms with E-state index in [1.807, 2.05) is 0 Å². The molecule has 0 spiro atoms. The van der Waals surface area contributed by atoms with Crippen LogP contribution in [-0.4, -0.2) is 23.4 Å². The molecule has 0 saturated carbocycles. The van der Waals surface area contributed by atoms with Crippen LogP contribution in [0.3, 0.4) is 0 Å². The molecule has 1 aliphatic carbocycles. The fourth-order valence-corrected chi connectivity index (χ4v) is 4.60. The summed E-state index contributed by atoms with van der Waals surface area (Å²) in [4.78, 5) is 36.5. The fourth-order valence-electron chi connectivity index (χ4n) is 3.32. The Kier molecular flexibility index (Phi) is 6.77. The van der Waals surface area contributed by atoms with Crippen LogP contribution in [0, 0.1) is 10.1 Å². The highest BCUT2D eigenvalue weighted by molar-refractivity contribution is 7.17. The van der Waals surface area contributed by atoms with E-state index in [0.29, 0.717) is 16.1 Å². The number of esters is 1. The van der Waals surface area contributed by atoms with E-state index in [9.17, 15) is 19.7 Å². The number of hydrogen-bond donors (Lipinski definition) is 1. The first-order valence-corrected chi connectivity index (χ1v) is 10.4. The van der Waals surface area contributed by atoms with Crippen LogP contribution in [0.4, 0.5) is 10.7 Å². The van der Waals surface area contributed by atoms with Crippen molar-refractivity contribution in [3.05, 3.63) is 62.0 Å². The number of aryl methyl sites for hydroxylation is 1. The number of thiophene rings is 1. The van der Waals surface area contributed by atoms with Crippen LogP contribution in [-0.2, 0) is 22.4 Å². The second-order valence-corrected chi connectivity index (χ2v) is 7.77. The van der Waals surface area contributed by atoms with Crippen LogP contribution in [0.5, 0.6) is 0 Å². The molecular weight excluding hydrogens is 392 g/mol. The highest BCUT2D eigenvalue weighted by Gasteiger charge is 2.26. The maximum absolute atomic E-state index is 12.5. The average Bonchev–Trinajstić information content (AvgIpc) is 2.87. The summed E-state index contributed by atoms with van der Waals surface area (Å²) in [6.45, 7) is 2.02. The van der Waals surface area contributed by atoms with Crippen LogP contribution in [0.25, 0.3) is 6.08 Å². The van der Waals surface area contributed by atoms with E-state index < -0.39 is 16.8 Å². The van der Waals surface area contributed by atoms with Crippen LogP contribution >= 0.6 is 11.3 Å². The van der Waals surface area contributed by atoms with Gasteiger partial charge in [0.2, 0.25) is 5.91 Å². The lowest BCUT2D eigenvalue weighted by Crippen LogP contribution is -2.13. The quantitative estimate of drug-likeness (QED) is 0.242. The average molecular weight is 414 g/mol. The number of carbonyl (C=O) groups is 2. The van der Waals surface area contributed by atoms with Crippen molar-refractivity contribution in [2.45, 2.75) is 39.0 Å². The van der Waals surface area contributed by atoms with Crippen LogP contribution < -0.4 is 5.32 Å². The summed E-state index contributed by atoms with van der Waals surface area (Å²) in [5, 5.41) is 14.2. The van der Waals surface area contributed by atoms with Crippen molar-refractivity contribution in [3.63, 3.8) is 0 Å². The van der Waals surface area contributed by atoms with E-state index >= 15 is 0 Å². The van der Waals surface area contributed by atoms with Gasteiger partial charge in [-0.1, -0.05) is 18.6 Å². The number of amides is 1. The molecular formula is C21H22N2O5S. The van der Waals surface area contributed by atoms with Gasteiger partial charge in [-0.25, -0.2) is 4.79 Å². The molecule has 1 aromatic carbocycles. The number of benzene rings is 1. The largest absolute Gasteiger partial charge is 0.462 e. The van der Waals surface area contributed by atoms with Crippen molar-refractivity contribution in [2.24, 2.45) is 0 Å². The Morgan fingerprint density at radius 3 is 2.83 bits per heavy atom. The molecule has 3 rings (SSSR count). The maximum Gasteiger partial charge on any atom is 0.341 e. The van der Waals surface area contributed by atoms with Crippen molar-refractivity contribution in [1.82, 2.24) is 0 Å². The lowest BCUT2D eigenvalue weighted by molar-refractivity contribution is -0.384.